The number of aromatic nitrogens is 1. The second-order valence-electron chi connectivity index (χ2n) is 5.80. The number of para-hydroxylation sites is 1. The third-order valence-corrected chi connectivity index (χ3v) is 4.11. The highest BCUT2D eigenvalue weighted by Crippen LogP contribution is 2.17. The first-order valence-electron chi connectivity index (χ1n) is 8.29. The van der Waals surface area contributed by atoms with Crippen molar-refractivity contribution in [1.29, 1.82) is 0 Å². The van der Waals surface area contributed by atoms with E-state index in [4.69, 9.17) is 0 Å². The summed E-state index contributed by atoms with van der Waals surface area (Å²) in [6.07, 6.45) is 0.874. The minimum Gasteiger partial charge on any atom is -0.469 e. The third-order valence-electron chi connectivity index (χ3n) is 4.11. The summed E-state index contributed by atoms with van der Waals surface area (Å²) in [4.78, 5) is 52.8. The second kappa shape index (κ2) is 9.45. The molecule has 1 N–H and O–H groups in total. The molecule has 0 bridgehead atoms. The number of benzene rings is 1. The van der Waals surface area contributed by atoms with E-state index < -0.39 is 42.2 Å². The van der Waals surface area contributed by atoms with E-state index in [9.17, 15) is 19.2 Å². The molecule has 148 valence electrons. The number of hydrogen-bond donors (Lipinski definition) is 1. The van der Waals surface area contributed by atoms with Crippen molar-refractivity contribution in [3.63, 3.8) is 0 Å². The average molecular weight is 388 g/mol. The molecule has 0 unspecified atom stereocenters. The normalized spacial score (nSPS) is 12.5. The summed E-state index contributed by atoms with van der Waals surface area (Å²) in [6.45, 7) is 0. The van der Waals surface area contributed by atoms with E-state index in [0.717, 1.165) is 26.7 Å². The molecular formula is C19H20N2O7. The molecule has 1 amide bonds. The minimum atomic E-state index is -1.45. The van der Waals surface area contributed by atoms with Gasteiger partial charge in [0.25, 0.3) is 5.91 Å². The Kier molecular flexibility index (Phi) is 7.02. The van der Waals surface area contributed by atoms with E-state index >= 15 is 0 Å². The number of hydrogen-bond acceptors (Lipinski definition) is 8. The SMILES string of the molecule is COC(=O)C[C@H](C(=O)OC)[C@H](NC(=O)c1cnc2ccccc2c1)C(=O)OC. The van der Waals surface area contributed by atoms with E-state index in [0.29, 0.717) is 5.52 Å². The maximum absolute atomic E-state index is 12.7. The van der Waals surface area contributed by atoms with E-state index in [2.05, 4.69) is 24.5 Å². The molecule has 0 aliphatic rings. The van der Waals surface area contributed by atoms with Crippen LogP contribution in [-0.4, -0.2) is 56.2 Å². The number of fused-ring (bicyclic) bond motifs is 1. The first-order valence-corrected chi connectivity index (χ1v) is 8.29. The number of pyridine rings is 1. The van der Waals surface area contributed by atoms with Crippen LogP contribution in [0.4, 0.5) is 0 Å². The number of nitrogens with one attached hydrogen (secondary N) is 1. The van der Waals surface area contributed by atoms with Crippen LogP contribution in [0.25, 0.3) is 10.9 Å². The Bertz CT molecular complexity index is 897. The monoisotopic (exact) mass is 388 g/mol. The van der Waals surface area contributed by atoms with E-state index in [-0.39, 0.29) is 5.56 Å². The Morgan fingerprint density at radius 1 is 1.00 bits per heavy atom. The van der Waals surface area contributed by atoms with Crippen molar-refractivity contribution in [2.45, 2.75) is 12.5 Å². The lowest BCUT2D eigenvalue weighted by Gasteiger charge is -2.23. The molecular weight excluding hydrogens is 368 g/mol. The van der Waals surface area contributed by atoms with Gasteiger partial charge >= 0.3 is 17.9 Å². The van der Waals surface area contributed by atoms with E-state index in [1.807, 2.05) is 6.07 Å². The lowest BCUT2D eigenvalue weighted by atomic mass is 9.95. The quantitative estimate of drug-likeness (QED) is 0.548. The largest absolute Gasteiger partial charge is 0.469 e. The molecule has 2 aromatic rings. The van der Waals surface area contributed by atoms with Gasteiger partial charge in [-0.1, -0.05) is 18.2 Å². The van der Waals surface area contributed by atoms with Gasteiger partial charge in [-0.3, -0.25) is 19.4 Å². The van der Waals surface area contributed by atoms with Gasteiger partial charge in [-0.2, -0.15) is 0 Å². The van der Waals surface area contributed by atoms with E-state index in [1.165, 1.54) is 6.20 Å². The maximum Gasteiger partial charge on any atom is 0.329 e. The molecule has 0 aliphatic carbocycles. The molecule has 9 nitrogen and oxygen atoms in total. The first-order chi connectivity index (χ1) is 13.4. The Hall–Kier alpha value is -3.49. The summed E-state index contributed by atoms with van der Waals surface area (Å²) in [7, 11) is 3.35. The van der Waals surface area contributed by atoms with E-state index in [1.54, 1.807) is 24.3 Å². The first kappa shape index (κ1) is 20.8. The molecule has 1 aromatic carbocycles. The fourth-order valence-electron chi connectivity index (χ4n) is 2.62. The van der Waals surface area contributed by atoms with Crippen LogP contribution in [0.15, 0.2) is 36.5 Å². The van der Waals surface area contributed by atoms with Gasteiger partial charge in [0.2, 0.25) is 0 Å². The van der Waals surface area contributed by atoms with Gasteiger partial charge in [0, 0.05) is 11.6 Å². The number of carbonyl (C=O) groups excluding carboxylic acids is 4. The Morgan fingerprint density at radius 2 is 1.68 bits per heavy atom. The smallest absolute Gasteiger partial charge is 0.329 e. The summed E-state index contributed by atoms with van der Waals surface area (Å²) < 4.78 is 13.9. The van der Waals surface area contributed by atoms with Crippen LogP contribution in [0, 0.1) is 5.92 Å². The molecule has 0 aliphatic heterocycles. The van der Waals surface area contributed by atoms with Gasteiger partial charge in [0.15, 0.2) is 0 Å². The summed E-state index contributed by atoms with van der Waals surface area (Å²) in [5.74, 6) is -4.49. The summed E-state index contributed by atoms with van der Waals surface area (Å²) in [6, 6.07) is 7.33. The standard InChI is InChI=1S/C19H20N2O7/c1-26-15(22)9-13(18(24)27-2)16(19(25)28-3)21-17(23)12-8-11-6-4-5-7-14(11)20-10-12/h4-8,10,13,16H,9H2,1-3H3,(H,21,23)/t13-,16-/m0/s1. The Balaban J connectivity index is 2.32. The fraction of sp³-hybridized carbons (Fsp3) is 0.316. The lowest BCUT2D eigenvalue weighted by Crippen LogP contribution is -2.50. The van der Waals surface area contributed by atoms with Crippen molar-refractivity contribution < 1.29 is 33.4 Å². The van der Waals surface area contributed by atoms with Crippen LogP contribution in [0.5, 0.6) is 0 Å². The van der Waals surface area contributed by atoms with Crippen LogP contribution in [-0.2, 0) is 28.6 Å². The van der Waals surface area contributed by atoms with Crippen LogP contribution in [0.3, 0.4) is 0 Å². The van der Waals surface area contributed by atoms with Crippen molar-refractivity contribution >= 4 is 34.7 Å². The van der Waals surface area contributed by atoms with Gasteiger partial charge in [-0.25, -0.2) is 4.79 Å². The van der Waals surface area contributed by atoms with Gasteiger partial charge in [0.05, 0.1) is 44.7 Å². The highest BCUT2D eigenvalue weighted by atomic mass is 16.5. The summed E-state index contributed by atoms with van der Waals surface area (Å²) >= 11 is 0. The second-order valence-corrected chi connectivity index (χ2v) is 5.80. The van der Waals surface area contributed by atoms with Crippen molar-refractivity contribution in [1.82, 2.24) is 10.3 Å². The number of ether oxygens (including phenoxy) is 3. The molecule has 2 rings (SSSR count). The minimum absolute atomic E-state index is 0.175. The number of methoxy groups -OCH3 is 3. The predicted octanol–water partition coefficient (Wildman–Crippen LogP) is 0.858. The van der Waals surface area contributed by atoms with Gasteiger partial charge in [-0.15, -0.1) is 0 Å². The molecule has 0 saturated heterocycles. The van der Waals surface area contributed by atoms with Crippen LogP contribution >= 0.6 is 0 Å². The summed E-state index contributed by atoms with van der Waals surface area (Å²) in [5.41, 5.74) is 0.871. The van der Waals surface area contributed by atoms with Gasteiger partial charge in [-0.05, 0) is 12.1 Å². The van der Waals surface area contributed by atoms with Crippen molar-refractivity contribution in [3.05, 3.63) is 42.1 Å². The van der Waals surface area contributed by atoms with Gasteiger partial charge < -0.3 is 19.5 Å². The Morgan fingerprint density at radius 3 is 2.32 bits per heavy atom. The molecule has 0 spiro atoms. The molecule has 28 heavy (non-hydrogen) atoms. The van der Waals surface area contributed by atoms with Crippen molar-refractivity contribution in [2.24, 2.45) is 5.92 Å². The number of esters is 3. The highest BCUT2D eigenvalue weighted by Gasteiger charge is 2.38. The lowest BCUT2D eigenvalue weighted by molar-refractivity contribution is -0.158. The molecule has 1 heterocycles. The predicted molar refractivity (Wildman–Crippen MR) is 97.2 cm³/mol. The molecule has 2 atom stereocenters. The molecule has 0 radical (unpaired) electrons. The number of amides is 1. The molecule has 0 saturated carbocycles. The van der Waals surface area contributed by atoms with Crippen LogP contribution in [0.2, 0.25) is 0 Å². The zero-order valence-electron chi connectivity index (χ0n) is 15.6. The maximum atomic E-state index is 12.7. The third kappa shape index (κ3) is 4.81. The fourth-order valence-corrected chi connectivity index (χ4v) is 2.62. The zero-order valence-corrected chi connectivity index (χ0v) is 15.6. The number of carbonyl (C=O) groups is 4. The average Bonchev–Trinajstić information content (AvgIpc) is 2.74. The summed E-state index contributed by atoms with van der Waals surface area (Å²) in [5, 5.41) is 3.16. The number of rotatable bonds is 7. The number of nitrogens with zero attached hydrogens (tertiary/aromatic N) is 1. The zero-order chi connectivity index (χ0) is 20.7. The van der Waals surface area contributed by atoms with Crippen LogP contribution < -0.4 is 5.32 Å². The molecule has 1 aromatic heterocycles. The van der Waals surface area contributed by atoms with Crippen molar-refractivity contribution in [3.8, 4) is 0 Å². The molecule has 0 fully saturated rings. The molecule has 9 heteroatoms. The van der Waals surface area contributed by atoms with Gasteiger partial charge in [0.1, 0.15) is 6.04 Å². The van der Waals surface area contributed by atoms with Crippen LogP contribution in [0.1, 0.15) is 16.8 Å². The topological polar surface area (TPSA) is 121 Å². The Labute approximate surface area is 161 Å². The van der Waals surface area contributed by atoms with Crippen molar-refractivity contribution in [2.75, 3.05) is 21.3 Å². The highest BCUT2D eigenvalue weighted by molar-refractivity contribution is 6.00.